The molecule has 42 heavy (non-hydrogen) atoms. The maximum absolute atomic E-state index is 13.6. The number of fused-ring (bicyclic) bond motifs is 3. The highest BCUT2D eigenvalue weighted by Crippen LogP contribution is 2.50. The van der Waals surface area contributed by atoms with Gasteiger partial charge >= 0.3 is 5.97 Å². The van der Waals surface area contributed by atoms with Crippen molar-refractivity contribution < 1.29 is 28.6 Å². The number of benzene rings is 2. The first kappa shape index (κ1) is 30.1. The molecule has 0 aromatic heterocycles. The fourth-order valence-corrected chi connectivity index (χ4v) is 6.62. The quantitative estimate of drug-likeness (QED) is 0.356. The molecule has 3 aliphatic rings. The molecule has 2 bridgehead atoms. The van der Waals surface area contributed by atoms with E-state index in [-0.39, 0.29) is 43.0 Å². The van der Waals surface area contributed by atoms with E-state index in [0.29, 0.717) is 17.9 Å². The first-order valence-electron chi connectivity index (χ1n) is 14.6. The van der Waals surface area contributed by atoms with E-state index in [1.165, 1.54) is 0 Å². The SMILES string of the molecule is Cc1ccc2c(c1)N(CC(=O)OC(C)(C)C)CC(C(=O)NC13CCC(NC(=O)COc4ccc(C)c(P)c4)(CC1)C3)O2. The average Bonchev–Trinajstić information content (AvgIpc) is 3.43. The summed E-state index contributed by atoms with van der Waals surface area (Å²) in [4.78, 5) is 41.0. The van der Waals surface area contributed by atoms with Crippen molar-refractivity contribution in [2.24, 2.45) is 0 Å². The highest BCUT2D eigenvalue weighted by Gasteiger charge is 2.56. The molecule has 0 saturated heterocycles. The molecule has 1 aliphatic heterocycles. The van der Waals surface area contributed by atoms with E-state index in [0.717, 1.165) is 47.8 Å². The van der Waals surface area contributed by atoms with Gasteiger partial charge in [-0.25, -0.2) is 0 Å². The minimum absolute atomic E-state index is 0.0181. The molecule has 9 nitrogen and oxygen atoms in total. The minimum Gasteiger partial charge on any atom is -0.484 e. The van der Waals surface area contributed by atoms with Gasteiger partial charge in [-0.05, 0) is 107 Å². The molecule has 2 fully saturated rings. The standard InChI is InChI=1S/C32H42N3O6P/c1-20-6-9-24-23(14-20)35(17-28(37)41-30(3,4)5)16-25(40-24)29(38)34-32-12-10-31(19-32,11-13-32)33-27(36)18-39-22-8-7-21(2)26(42)15-22/h6-9,14-15,25H,10-13,16-19,42H2,1-5H3,(H,33,36)(H,34,38). The van der Waals surface area contributed by atoms with Crippen LogP contribution >= 0.6 is 9.24 Å². The number of nitrogens with zero attached hydrogens (tertiary/aromatic N) is 1. The van der Waals surface area contributed by atoms with Gasteiger partial charge in [0.25, 0.3) is 11.8 Å². The van der Waals surface area contributed by atoms with Gasteiger partial charge in [0.15, 0.2) is 12.7 Å². The smallest absolute Gasteiger partial charge is 0.326 e. The Morgan fingerprint density at radius 3 is 2.38 bits per heavy atom. The zero-order valence-electron chi connectivity index (χ0n) is 25.2. The lowest BCUT2D eigenvalue weighted by atomic mass is 9.91. The van der Waals surface area contributed by atoms with Gasteiger partial charge in [0.1, 0.15) is 23.6 Å². The van der Waals surface area contributed by atoms with Gasteiger partial charge in [-0.2, -0.15) is 0 Å². The first-order chi connectivity index (χ1) is 19.7. The Balaban J connectivity index is 1.20. The van der Waals surface area contributed by atoms with Crippen LogP contribution in [0.15, 0.2) is 36.4 Å². The molecule has 2 unspecified atom stereocenters. The summed E-state index contributed by atoms with van der Waals surface area (Å²) in [6.45, 7) is 9.68. The van der Waals surface area contributed by atoms with Crippen LogP contribution in [0.2, 0.25) is 0 Å². The third kappa shape index (κ3) is 6.83. The summed E-state index contributed by atoms with van der Waals surface area (Å²) in [6.07, 6.45) is 3.01. The molecule has 2 saturated carbocycles. The number of hydrogen-bond acceptors (Lipinski definition) is 7. The molecule has 0 spiro atoms. The normalized spacial score (nSPS) is 24.4. The third-order valence-electron chi connectivity index (χ3n) is 8.40. The number of anilines is 1. The zero-order chi connectivity index (χ0) is 30.3. The number of carbonyl (C=O) groups excluding carboxylic acids is 3. The molecule has 5 rings (SSSR count). The van der Waals surface area contributed by atoms with Crippen LogP contribution in [0, 0.1) is 13.8 Å². The summed E-state index contributed by atoms with van der Waals surface area (Å²) in [5.41, 5.74) is 1.58. The van der Waals surface area contributed by atoms with Crippen molar-refractivity contribution in [3.05, 3.63) is 47.5 Å². The topological polar surface area (TPSA) is 106 Å². The van der Waals surface area contributed by atoms with E-state index in [1.807, 2.05) is 75.9 Å². The van der Waals surface area contributed by atoms with Crippen LogP contribution in [-0.2, 0) is 19.1 Å². The van der Waals surface area contributed by atoms with Crippen molar-refractivity contribution in [2.75, 3.05) is 24.6 Å². The molecular weight excluding hydrogens is 553 g/mol. The van der Waals surface area contributed by atoms with Gasteiger partial charge in [0.05, 0.1) is 12.2 Å². The molecule has 2 amide bonds. The van der Waals surface area contributed by atoms with Crippen LogP contribution in [0.1, 0.15) is 64.0 Å². The highest BCUT2D eigenvalue weighted by atomic mass is 31.0. The Morgan fingerprint density at radius 1 is 1.02 bits per heavy atom. The zero-order valence-corrected chi connectivity index (χ0v) is 26.3. The average molecular weight is 596 g/mol. The van der Waals surface area contributed by atoms with E-state index in [1.54, 1.807) is 0 Å². The number of aryl methyl sites for hydroxylation is 2. The van der Waals surface area contributed by atoms with Gasteiger partial charge in [-0.15, -0.1) is 9.24 Å². The van der Waals surface area contributed by atoms with E-state index in [2.05, 4.69) is 19.9 Å². The van der Waals surface area contributed by atoms with Crippen LogP contribution in [-0.4, -0.2) is 60.3 Å². The van der Waals surface area contributed by atoms with Crippen LogP contribution < -0.4 is 30.3 Å². The molecule has 2 aromatic carbocycles. The number of nitrogens with one attached hydrogen (secondary N) is 2. The maximum atomic E-state index is 13.6. The van der Waals surface area contributed by atoms with Crippen LogP contribution in [0.3, 0.4) is 0 Å². The van der Waals surface area contributed by atoms with E-state index < -0.39 is 17.2 Å². The van der Waals surface area contributed by atoms with Crippen molar-refractivity contribution in [1.29, 1.82) is 0 Å². The van der Waals surface area contributed by atoms with Crippen LogP contribution in [0.5, 0.6) is 11.5 Å². The molecule has 2 N–H and O–H groups in total. The minimum atomic E-state index is -0.785. The summed E-state index contributed by atoms with van der Waals surface area (Å²) in [7, 11) is 2.67. The molecule has 0 radical (unpaired) electrons. The van der Waals surface area contributed by atoms with Crippen molar-refractivity contribution >= 4 is 38.0 Å². The van der Waals surface area contributed by atoms with E-state index in [4.69, 9.17) is 14.2 Å². The number of amides is 2. The first-order valence-corrected chi connectivity index (χ1v) is 15.2. The Kier molecular flexibility index (Phi) is 8.18. The maximum Gasteiger partial charge on any atom is 0.326 e. The second-order valence-electron chi connectivity index (χ2n) is 13.1. The van der Waals surface area contributed by atoms with Gasteiger partial charge in [-0.3, -0.25) is 14.4 Å². The highest BCUT2D eigenvalue weighted by molar-refractivity contribution is 7.27. The Hall–Kier alpha value is -3.32. The Morgan fingerprint density at radius 2 is 1.71 bits per heavy atom. The summed E-state index contributed by atoms with van der Waals surface area (Å²) in [6, 6.07) is 11.5. The molecule has 226 valence electrons. The van der Waals surface area contributed by atoms with Gasteiger partial charge < -0.3 is 29.7 Å². The van der Waals surface area contributed by atoms with Gasteiger partial charge in [0.2, 0.25) is 0 Å². The predicted molar refractivity (Wildman–Crippen MR) is 165 cm³/mol. The molecule has 2 atom stereocenters. The Labute approximate surface area is 250 Å². The molecule has 2 aliphatic carbocycles. The molecule has 10 heteroatoms. The van der Waals surface area contributed by atoms with Crippen LogP contribution in [0.4, 0.5) is 5.69 Å². The van der Waals surface area contributed by atoms with Crippen molar-refractivity contribution in [3.63, 3.8) is 0 Å². The molecular formula is C32H42N3O6P. The predicted octanol–water partition coefficient (Wildman–Crippen LogP) is 3.48. The van der Waals surface area contributed by atoms with Crippen molar-refractivity contribution in [3.8, 4) is 11.5 Å². The lowest BCUT2D eigenvalue weighted by Gasteiger charge is -2.37. The lowest BCUT2D eigenvalue weighted by molar-refractivity contribution is -0.153. The fourth-order valence-electron chi connectivity index (χ4n) is 6.36. The number of carbonyl (C=O) groups is 3. The Bertz CT molecular complexity index is 1380. The van der Waals surface area contributed by atoms with Gasteiger partial charge in [-0.1, -0.05) is 12.1 Å². The second-order valence-corrected chi connectivity index (χ2v) is 13.7. The number of esters is 1. The third-order valence-corrected chi connectivity index (χ3v) is 9.02. The summed E-state index contributed by atoms with van der Waals surface area (Å²) in [5, 5.41) is 7.53. The molecule has 2 aromatic rings. The van der Waals surface area contributed by atoms with E-state index >= 15 is 0 Å². The summed E-state index contributed by atoms with van der Waals surface area (Å²) >= 11 is 0. The van der Waals surface area contributed by atoms with Crippen molar-refractivity contribution in [2.45, 2.75) is 89.5 Å². The number of ether oxygens (including phenoxy) is 3. The fraction of sp³-hybridized carbons (Fsp3) is 0.531. The number of rotatable bonds is 8. The second kappa shape index (κ2) is 11.4. The van der Waals surface area contributed by atoms with E-state index in [9.17, 15) is 14.4 Å². The van der Waals surface area contributed by atoms with Gasteiger partial charge in [0, 0.05) is 11.1 Å². The largest absolute Gasteiger partial charge is 0.484 e. The van der Waals surface area contributed by atoms with Crippen molar-refractivity contribution in [1.82, 2.24) is 10.6 Å². The molecule has 1 heterocycles. The lowest BCUT2D eigenvalue weighted by Crippen LogP contribution is -2.55. The monoisotopic (exact) mass is 595 g/mol. The van der Waals surface area contributed by atoms with Crippen LogP contribution in [0.25, 0.3) is 0 Å². The summed E-state index contributed by atoms with van der Waals surface area (Å²) in [5.74, 6) is 0.486. The summed E-state index contributed by atoms with van der Waals surface area (Å²) < 4.78 is 17.5. The number of hydrogen-bond donors (Lipinski definition) is 2.